The summed E-state index contributed by atoms with van der Waals surface area (Å²) in [5, 5.41) is 8.97. The van der Waals surface area contributed by atoms with Crippen LogP contribution in [0.15, 0.2) is 0 Å². The van der Waals surface area contributed by atoms with Gasteiger partial charge in [0.1, 0.15) is 5.54 Å². The molecule has 0 aliphatic carbocycles. The SMILES string of the molecule is CC1CCC(C)N(CC(C)(N)C(=O)O)C1. The van der Waals surface area contributed by atoms with Crippen molar-refractivity contribution in [1.82, 2.24) is 4.90 Å². The lowest BCUT2D eigenvalue weighted by Crippen LogP contribution is -2.57. The van der Waals surface area contributed by atoms with Gasteiger partial charge in [0, 0.05) is 19.1 Å². The summed E-state index contributed by atoms with van der Waals surface area (Å²) in [4.78, 5) is 13.1. The van der Waals surface area contributed by atoms with Crippen LogP contribution in [0.25, 0.3) is 0 Å². The second kappa shape index (κ2) is 4.49. The molecule has 1 heterocycles. The third-order valence-electron chi connectivity index (χ3n) is 3.27. The smallest absolute Gasteiger partial charge is 0.324 e. The predicted octanol–water partition coefficient (Wildman–Crippen LogP) is 0.909. The summed E-state index contributed by atoms with van der Waals surface area (Å²) < 4.78 is 0. The lowest BCUT2D eigenvalue weighted by molar-refractivity contribution is -0.143. The molecule has 0 bridgehead atoms. The molecule has 0 spiro atoms. The minimum atomic E-state index is -1.13. The zero-order chi connectivity index (χ0) is 11.6. The molecule has 0 amide bonds. The van der Waals surface area contributed by atoms with Crippen LogP contribution in [0, 0.1) is 5.92 Å². The second-order valence-electron chi connectivity index (χ2n) is 5.18. The Hall–Kier alpha value is -0.610. The van der Waals surface area contributed by atoms with Crippen LogP contribution in [0.5, 0.6) is 0 Å². The van der Waals surface area contributed by atoms with E-state index in [1.165, 1.54) is 6.42 Å². The van der Waals surface area contributed by atoms with Crippen LogP contribution < -0.4 is 5.73 Å². The van der Waals surface area contributed by atoms with Crippen molar-refractivity contribution in [3.63, 3.8) is 0 Å². The first-order valence-electron chi connectivity index (χ1n) is 5.59. The highest BCUT2D eigenvalue weighted by Crippen LogP contribution is 2.22. The van der Waals surface area contributed by atoms with Crippen LogP contribution in [0.3, 0.4) is 0 Å². The predicted molar refractivity (Wildman–Crippen MR) is 59.7 cm³/mol. The highest BCUT2D eigenvalue weighted by molar-refractivity contribution is 5.78. The maximum atomic E-state index is 10.9. The molecule has 4 heteroatoms. The third-order valence-corrected chi connectivity index (χ3v) is 3.27. The number of carboxylic acid groups (broad SMARTS) is 1. The molecule has 15 heavy (non-hydrogen) atoms. The van der Waals surface area contributed by atoms with Crippen molar-refractivity contribution in [2.24, 2.45) is 11.7 Å². The number of carboxylic acids is 1. The monoisotopic (exact) mass is 214 g/mol. The largest absolute Gasteiger partial charge is 0.480 e. The lowest BCUT2D eigenvalue weighted by Gasteiger charge is -2.39. The van der Waals surface area contributed by atoms with Crippen molar-refractivity contribution < 1.29 is 9.90 Å². The Labute approximate surface area is 91.4 Å². The molecule has 0 saturated carbocycles. The Morgan fingerprint density at radius 3 is 2.67 bits per heavy atom. The van der Waals surface area contributed by atoms with Crippen molar-refractivity contribution in [2.45, 2.75) is 45.2 Å². The zero-order valence-electron chi connectivity index (χ0n) is 9.86. The van der Waals surface area contributed by atoms with Crippen LogP contribution in [0.2, 0.25) is 0 Å². The van der Waals surface area contributed by atoms with Crippen molar-refractivity contribution in [1.29, 1.82) is 0 Å². The Bertz CT molecular complexity index is 241. The average molecular weight is 214 g/mol. The minimum absolute atomic E-state index is 0.438. The first-order valence-corrected chi connectivity index (χ1v) is 5.59. The number of rotatable bonds is 3. The van der Waals surface area contributed by atoms with E-state index in [0.29, 0.717) is 18.5 Å². The summed E-state index contributed by atoms with van der Waals surface area (Å²) in [6.07, 6.45) is 2.36. The maximum Gasteiger partial charge on any atom is 0.324 e. The average Bonchev–Trinajstić information content (AvgIpc) is 2.10. The van der Waals surface area contributed by atoms with Gasteiger partial charge in [0.15, 0.2) is 0 Å². The van der Waals surface area contributed by atoms with Gasteiger partial charge in [-0.2, -0.15) is 0 Å². The topological polar surface area (TPSA) is 66.6 Å². The summed E-state index contributed by atoms with van der Waals surface area (Å²) in [6.45, 7) is 7.33. The standard InChI is InChI=1S/C11H22N2O2/c1-8-4-5-9(2)13(6-8)7-11(3,12)10(14)15/h8-9H,4-7,12H2,1-3H3,(H,14,15). The number of hydrogen-bond acceptors (Lipinski definition) is 3. The van der Waals surface area contributed by atoms with Gasteiger partial charge in [-0.1, -0.05) is 6.92 Å². The van der Waals surface area contributed by atoms with Gasteiger partial charge in [-0.3, -0.25) is 9.69 Å². The molecule has 1 aliphatic rings. The summed E-state index contributed by atoms with van der Waals surface area (Å²) in [5.74, 6) is -0.279. The molecule has 3 atom stereocenters. The number of nitrogens with two attached hydrogens (primary N) is 1. The van der Waals surface area contributed by atoms with Crippen molar-refractivity contribution >= 4 is 5.97 Å². The number of nitrogens with zero attached hydrogens (tertiary/aromatic N) is 1. The highest BCUT2D eigenvalue weighted by Gasteiger charge is 2.34. The van der Waals surface area contributed by atoms with Crippen molar-refractivity contribution in [3.8, 4) is 0 Å². The maximum absolute atomic E-state index is 10.9. The number of hydrogen-bond donors (Lipinski definition) is 2. The molecule has 0 radical (unpaired) electrons. The molecule has 88 valence electrons. The van der Waals surface area contributed by atoms with Crippen LogP contribution in [0.1, 0.15) is 33.6 Å². The number of piperidine rings is 1. The van der Waals surface area contributed by atoms with E-state index in [1.807, 2.05) is 0 Å². The molecule has 0 aromatic rings. The molecule has 0 aromatic carbocycles. The van der Waals surface area contributed by atoms with E-state index in [2.05, 4.69) is 18.7 Å². The van der Waals surface area contributed by atoms with Crippen molar-refractivity contribution in [3.05, 3.63) is 0 Å². The second-order valence-corrected chi connectivity index (χ2v) is 5.18. The van der Waals surface area contributed by atoms with E-state index in [4.69, 9.17) is 10.8 Å². The van der Waals surface area contributed by atoms with Gasteiger partial charge in [-0.05, 0) is 32.6 Å². The Kier molecular flexibility index (Phi) is 3.73. The van der Waals surface area contributed by atoms with E-state index in [9.17, 15) is 4.79 Å². The van der Waals surface area contributed by atoms with E-state index in [-0.39, 0.29) is 0 Å². The molecular formula is C11H22N2O2. The summed E-state index contributed by atoms with van der Waals surface area (Å²) in [6, 6.07) is 0.448. The Balaban J connectivity index is 2.59. The van der Waals surface area contributed by atoms with E-state index in [0.717, 1.165) is 13.0 Å². The first-order chi connectivity index (χ1) is 6.83. The Morgan fingerprint density at radius 2 is 2.13 bits per heavy atom. The van der Waals surface area contributed by atoms with Gasteiger partial charge < -0.3 is 10.8 Å². The van der Waals surface area contributed by atoms with Gasteiger partial charge in [0.2, 0.25) is 0 Å². The van der Waals surface area contributed by atoms with Gasteiger partial charge in [-0.15, -0.1) is 0 Å². The normalized spacial score (nSPS) is 32.3. The van der Waals surface area contributed by atoms with E-state index in [1.54, 1.807) is 6.92 Å². The van der Waals surface area contributed by atoms with Crippen LogP contribution >= 0.6 is 0 Å². The Morgan fingerprint density at radius 1 is 1.53 bits per heavy atom. The van der Waals surface area contributed by atoms with Gasteiger partial charge >= 0.3 is 5.97 Å². The summed E-state index contributed by atoms with van der Waals surface area (Å²) in [7, 11) is 0. The molecule has 1 aliphatic heterocycles. The highest BCUT2D eigenvalue weighted by atomic mass is 16.4. The molecule has 3 N–H and O–H groups in total. The molecule has 1 saturated heterocycles. The van der Waals surface area contributed by atoms with Gasteiger partial charge in [0.05, 0.1) is 0 Å². The van der Waals surface area contributed by atoms with E-state index < -0.39 is 11.5 Å². The van der Waals surface area contributed by atoms with Gasteiger partial charge in [-0.25, -0.2) is 0 Å². The lowest BCUT2D eigenvalue weighted by atomic mass is 9.92. The van der Waals surface area contributed by atoms with Crippen LogP contribution in [0.4, 0.5) is 0 Å². The number of aliphatic carboxylic acids is 1. The first kappa shape index (κ1) is 12.5. The fourth-order valence-corrected chi connectivity index (χ4v) is 2.09. The zero-order valence-corrected chi connectivity index (χ0v) is 9.86. The molecule has 4 nitrogen and oxygen atoms in total. The van der Waals surface area contributed by atoms with Crippen LogP contribution in [-0.2, 0) is 4.79 Å². The molecule has 0 aromatic heterocycles. The third kappa shape index (κ3) is 3.18. The summed E-state index contributed by atoms with van der Waals surface area (Å²) in [5.41, 5.74) is 4.62. The molecule has 1 fully saturated rings. The summed E-state index contributed by atoms with van der Waals surface area (Å²) >= 11 is 0. The number of carbonyl (C=O) groups is 1. The fourth-order valence-electron chi connectivity index (χ4n) is 2.09. The van der Waals surface area contributed by atoms with Crippen molar-refractivity contribution in [2.75, 3.05) is 13.1 Å². The van der Waals surface area contributed by atoms with Gasteiger partial charge in [0.25, 0.3) is 0 Å². The van der Waals surface area contributed by atoms with Crippen LogP contribution in [-0.4, -0.2) is 40.6 Å². The molecule has 3 unspecified atom stereocenters. The fraction of sp³-hybridized carbons (Fsp3) is 0.909. The van der Waals surface area contributed by atoms with E-state index >= 15 is 0 Å². The quantitative estimate of drug-likeness (QED) is 0.733. The molecule has 1 rings (SSSR count). The molecular weight excluding hydrogens is 192 g/mol. The number of likely N-dealkylation sites (tertiary alicyclic amines) is 1. The minimum Gasteiger partial charge on any atom is -0.480 e.